The van der Waals surface area contributed by atoms with Crippen molar-refractivity contribution in [3.8, 4) is 0 Å². The molecule has 0 atom stereocenters. The monoisotopic (exact) mass is 86.1 g/mol. The number of amides is 1. The summed E-state index contributed by atoms with van der Waals surface area (Å²) in [5, 5.41) is 0. The van der Waals surface area contributed by atoms with E-state index in [1.807, 2.05) is 0 Å². The second-order valence-electron chi connectivity index (χ2n) is 0.402. The van der Waals surface area contributed by atoms with Crippen molar-refractivity contribution in [3.63, 3.8) is 0 Å². The summed E-state index contributed by atoms with van der Waals surface area (Å²) in [6, 6.07) is 0. The van der Waals surface area contributed by atoms with Crippen molar-refractivity contribution >= 4 is 13.7 Å². The third kappa shape index (κ3) is 85.3. The Morgan fingerprint density at radius 1 is 1.67 bits per heavy atom. The fraction of sp³-hybridized carbons (Fsp3) is 0.500. The average molecular weight is 85.9 g/mol. The third-order valence-electron chi connectivity index (χ3n) is 0. The summed E-state index contributed by atoms with van der Waals surface area (Å²) < 4.78 is 0. The van der Waals surface area contributed by atoms with Gasteiger partial charge in [0.15, 0.2) is 13.7 Å². The van der Waals surface area contributed by atoms with Gasteiger partial charge >= 0.3 is 0 Å². The standard InChI is InChI=1S/CH2BNO.CH5N/c2-1(3)4;1-2/h(H2,3,4);2H2,1H3. The number of rotatable bonds is 0. The fourth-order valence-corrected chi connectivity index (χ4v) is 0. The number of carbonyl (C=O) groups is 1. The van der Waals surface area contributed by atoms with Gasteiger partial charge in [-0.05, 0) is 7.05 Å². The molecular formula is C2H7BN2O. The molecule has 0 bridgehead atoms. The van der Waals surface area contributed by atoms with E-state index in [4.69, 9.17) is 4.79 Å². The van der Waals surface area contributed by atoms with Gasteiger partial charge in [0.25, 0.3) is 0 Å². The van der Waals surface area contributed by atoms with E-state index < -0.39 is 5.81 Å². The molecule has 0 aliphatic heterocycles. The Kier molecular flexibility index (Phi) is 13.4. The first-order valence-electron chi connectivity index (χ1n) is 1.36. The van der Waals surface area contributed by atoms with E-state index in [2.05, 4.69) is 19.3 Å². The van der Waals surface area contributed by atoms with E-state index >= 15 is 0 Å². The molecule has 0 aromatic rings. The van der Waals surface area contributed by atoms with Crippen molar-refractivity contribution in [2.24, 2.45) is 11.5 Å². The lowest BCUT2D eigenvalue weighted by Crippen LogP contribution is -2.05. The topological polar surface area (TPSA) is 69.1 Å². The first kappa shape index (κ1) is 9.09. The molecule has 3 nitrogen and oxygen atoms in total. The highest BCUT2D eigenvalue weighted by molar-refractivity contribution is 6.56. The number of hydrogen-bond donors (Lipinski definition) is 2. The zero-order valence-corrected chi connectivity index (χ0v) is 3.64. The van der Waals surface area contributed by atoms with Crippen LogP contribution in [-0.4, -0.2) is 20.7 Å². The molecule has 0 unspecified atom stereocenters. The molecule has 0 aliphatic carbocycles. The van der Waals surface area contributed by atoms with Gasteiger partial charge in [0.1, 0.15) is 0 Å². The maximum absolute atomic E-state index is 9.00. The van der Waals surface area contributed by atoms with E-state index in [9.17, 15) is 0 Å². The maximum Gasteiger partial charge on any atom is 0.200 e. The summed E-state index contributed by atoms with van der Waals surface area (Å²) >= 11 is 0. The second kappa shape index (κ2) is 8.82. The van der Waals surface area contributed by atoms with Crippen molar-refractivity contribution in [1.29, 1.82) is 0 Å². The molecule has 2 radical (unpaired) electrons. The van der Waals surface area contributed by atoms with Crippen LogP contribution in [0.5, 0.6) is 0 Å². The molecule has 6 heavy (non-hydrogen) atoms. The molecule has 0 saturated heterocycles. The smallest absolute Gasteiger partial charge is 0.200 e. The first-order valence-corrected chi connectivity index (χ1v) is 1.36. The molecule has 0 rings (SSSR count). The number of hydrogen-bond acceptors (Lipinski definition) is 2. The lowest BCUT2D eigenvalue weighted by molar-refractivity contribution is 0.266. The molecule has 0 spiro atoms. The van der Waals surface area contributed by atoms with Crippen molar-refractivity contribution in [1.82, 2.24) is 0 Å². The van der Waals surface area contributed by atoms with Crippen LogP contribution >= 0.6 is 0 Å². The van der Waals surface area contributed by atoms with Gasteiger partial charge in [-0.2, -0.15) is 0 Å². The second-order valence-corrected chi connectivity index (χ2v) is 0.402. The van der Waals surface area contributed by atoms with Crippen molar-refractivity contribution in [2.45, 2.75) is 0 Å². The fourth-order valence-electron chi connectivity index (χ4n) is 0. The molecule has 0 fully saturated rings. The lowest BCUT2D eigenvalue weighted by Gasteiger charge is -1.60. The van der Waals surface area contributed by atoms with Gasteiger partial charge in [-0.25, -0.2) is 0 Å². The molecule has 4 N–H and O–H groups in total. The van der Waals surface area contributed by atoms with E-state index in [0.717, 1.165) is 0 Å². The van der Waals surface area contributed by atoms with Gasteiger partial charge in [-0.3, -0.25) is 4.79 Å². The summed E-state index contributed by atoms with van der Waals surface area (Å²) in [4.78, 5) is 9.00. The van der Waals surface area contributed by atoms with Crippen LogP contribution in [0.2, 0.25) is 0 Å². The van der Waals surface area contributed by atoms with Gasteiger partial charge in [0.2, 0.25) is 0 Å². The van der Waals surface area contributed by atoms with Crippen LogP contribution in [0.15, 0.2) is 0 Å². The van der Waals surface area contributed by atoms with Gasteiger partial charge in [0, 0.05) is 0 Å². The minimum absolute atomic E-state index is 0.833. The van der Waals surface area contributed by atoms with Crippen LogP contribution in [0, 0.1) is 0 Å². The third-order valence-corrected chi connectivity index (χ3v) is 0. The minimum Gasteiger partial charge on any atom is -0.380 e. The van der Waals surface area contributed by atoms with E-state index in [1.54, 1.807) is 0 Å². The van der Waals surface area contributed by atoms with Crippen molar-refractivity contribution in [3.05, 3.63) is 0 Å². The summed E-state index contributed by atoms with van der Waals surface area (Å²) in [5.41, 5.74) is 8.75. The number of carbonyl (C=O) groups excluding carboxylic acids is 1. The summed E-state index contributed by atoms with van der Waals surface area (Å²) in [6.07, 6.45) is 0. The maximum atomic E-state index is 9.00. The molecule has 0 heterocycles. The van der Waals surface area contributed by atoms with Crippen molar-refractivity contribution in [2.75, 3.05) is 7.05 Å². The zero-order valence-electron chi connectivity index (χ0n) is 3.64. The summed E-state index contributed by atoms with van der Waals surface area (Å²) in [7, 11) is 5.75. The number of primary amides is 1. The van der Waals surface area contributed by atoms with Crippen molar-refractivity contribution < 1.29 is 4.79 Å². The van der Waals surface area contributed by atoms with Crippen LogP contribution in [0.1, 0.15) is 0 Å². The SMILES string of the molecule is CN.[B]C(N)=O. The largest absolute Gasteiger partial charge is 0.380 e. The van der Waals surface area contributed by atoms with Crippen LogP contribution < -0.4 is 11.5 Å². The van der Waals surface area contributed by atoms with Crippen LogP contribution in [-0.2, 0) is 0 Å². The normalized spacial score (nSPS) is 5.00. The zero-order chi connectivity index (χ0) is 5.58. The van der Waals surface area contributed by atoms with Gasteiger partial charge in [0.05, 0.1) is 0 Å². The molecule has 4 heteroatoms. The molecule has 0 aromatic heterocycles. The van der Waals surface area contributed by atoms with Gasteiger partial charge in [-0.15, -0.1) is 0 Å². The highest BCUT2D eigenvalue weighted by Crippen LogP contribution is 1.33. The van der Waals surface area contributed by atoms with Crippen LogP contribution in [0.25, 0.3) is 0 Å². The quantitative estimate of drug-likeness (QED) is 0.364. The highest BCUT2D eigenvalue weighted by Gasteiger charge is 1.62. The van der Waals surface area contributed by atoms with E-state index in [0.29, 0.717) is 0 Å². The van der Waals surface area contributed by atoms with Crippen LogP contribution in [0.3, 0.4) is 0 Å². The number of nitrogens with two attached hydrogens (primary N) is 2. The molecule has 34 valence electrons. The Labute approximate surface area is 38.1 Å². The Bertz CT molecular complexity index is 34.5. The summed E-state index contributed by atoms with van der Waals surface area (Å²) in [5.74, 6) is -0.833. The van der Waals surface area contributed by atoms with Gasteiger partial charge < -0.3 is 11.5 Å². The Balaban J connectivity index is 0. The van der Waals surface area contributed by atoms with Gasteiger partial charge in [-0.1, -0.05) is 0 Å². The molecule has 1 amide bonds. The minimum atomic E-state index is -0.833. The lowest BCUT2D eigenvalue weighted by atomic mass is 10.2. The average Bonchev–Trinajstić information content (AvgIpc) is 1.41. The molecule has 0 aliphatic rings. The molecular weight excluding hydrogens is 78.8 g/mol. The molecule has 0 saturated carbocycles. The van der Waals surface area contributed by atoms with E-state index in [1.165, 1.54) is 7.05 Å². The first-order chi connectivity index (χ1) is 2.73. The highest BCUT2D eigenvalue weighted by atomic mass is 16.1. The van der Waals surface area contributed by atoms with Crippen LogP contribution in [0.4, 0.5) is 4.79 Å². The Hall–Kier alpha value is -0.505. The predicted molar refractivity (Wildman–Crippen MR) is 25.4 cm³/mol. The van der Waals surface area contributed by atoms with E-state index in [-0.39, 0.29) is 0 Å². The Morgan fingerprint density at radius 2 is 1.67 bits per heavy atom. The predicted octanol–water partition coefficient (Wildman–Crippen LogP) is -1.19. The molecule has 0 aromatic carbocycles. The summed E-state index contributed by atoms with van der Waals surface area (Å²) in [6.45, 7) is 0. The Morgan fingerprint density at radius 3 is 1.67 bits per heavy atom.